The Kier molecular flexibility index (Phi) is 3.13. The first-order valence-electron chi connectivity index (χ1n) is 6.29. The quantitative estimate of drug-likeness (QED) is 0.703. The first kappa shape index (κ1) is 12.9. The third-order valence-electron chi connectivity index (χ3n) is 3.18. The van der Waals surface area contributed by atoms with Crippen LogP contribution in [0, 0.1) is 17.1 Å². The lowest BCUT2D eigenvalue weighted by atomic mass is 10.1. The number of halogens is 1. The van der Waals surface area contributed by atoms with Crippen LogP contribution in [0.3, 0.4) is 0 Å². The van der Waals surface area contributed by atoms with Crippen molar-refractivity contribution < 1.29 is 4.39 Å². The Morgan fingerprint density at radius 1 is 1.19 bits per heavy atom. The zero-order chi connectivity index (χ0) is 14.8. The molecule has 0 aliphatic heterocycles. The zero-order valence-corrected chi connectivity index (χ0v) is 11.0. The van der Waals surface area contributed by atoms with E-state index in [9.17, 15) is 4.39 Å². The lowest BCUT2D eigenvalue weighted by molar-refractivity contribution is 0.634. The van der Waals surface area contributed by atoms with E-state index in [4.69, 9.17) is 11.0 Å². The SMILES string of the molecule is N#Cc1ccccc1Nc1c(F)cc(N)c2cccnc12. The largest absolute Gasteiger partial charge is 0.398 e. The van der Waals surface area contributed by atoms with Crippen LogP contribution in [0.4, 0.5) is 21.5 Å². The van der Waals surface area contributed by atoms with Gasteiger partial charge in [-0.3, -0.25) is 4.98 Å². The fourth-order valence-corrected chi connectivity index (χ4v) is 2.18. The lowest BCUT2D eigenvalue weighted by Crippen LogP contribution is -2.00. The van der Waals surface area contributed by atoms with Crippen LogP contribution >= 0.6 is 0 Å². The van der Waals surface area contributed by atoms with E-state index >= 15 is 0 Å². The van der Waals surface area contributed by atoms with Gasteiger partial charge in [0.1, 0.15) is 11.8 Å². The molecule has 0 amide bonds. The highest BCUT2D eigenvalue weighted by molar-refractivity contribution is 5.99. The summed E-state index contributed by atoms with van der Waals surface area (Å²) >= 11 is 0. The number of rotatable bonds is 2. The van der Waals surface area contributed by atoms with E-state index in [0.717, 1.165) is 0 Å². The number of nitrogens with zero attached hydrogens (tertiary/aromatic N) is 2. The number of pyridine rings is 1. The highest BCUT2D eigenvalue weighted by Gasteiger charge is 2.13. The second-order valence-corrected chi connectivity index (χ2v) is 4.50. The summed E-state index contributed by atoms with van der Waals surface area (Å²) in [5.74, 6) is -0.508. The van der Waals surface area contributed by atoms with Crippen molar-refractivity contribution in [3.8, 4) is 6.07 Å². The van der Waals surface area contributed by atoms with E-state index < -0.39 is 5.82 Å². The molecule has 5 heteroatoms. The molecule has 0 fully saturated rings. The van der Waals surface area contributed by atoms with Gasteiger partial charge in [-0.2, -0.15) is 5.26 Å². The van der Waals surface area contributed by atoms with Gasteiger partial charge in [-0.1, -0.05) is 12.1 Å². The van der Waals surface area contributed by atoms with E-state index in [-0.39, 0.29) is 5.69 Å². The fourth-order valence-electron chi connectivity index (χ4n) is 2.18. The van der Waals surface area contributed by atoms with Gasteiger partial charge in [0.25, 0.3) is 0 Å². The minimum absolute atomic E-state index is 0.211. The van der Waals surface area contributed by atoms with Gasteiger partial charge < -0.3 is 11.1 Å². The molecule has 0 aliphatic rings. The fraction of sp³-hybridized carbons (Fsp3) is 0. The number of anilines is 3. The molecule has 0 unspecified atom stereocenters. The number of nitriles is 1. The summed E-state index contributed by atoms with van der Waals surface area (Å²) in [6.07, 6.45) is 1.57. The van der Waals surface area contributed by atoms with Gasteiger partial charge in [0.2, 0.25) is 0 Å². The molecule has 0 saturated carbocycles. The van der Waals surface area contributed by atoms with Crippen LogP contribution in [-0.4, -0.2) is 4.98 Å². The molecule has 3 rings (SSSR count). The number of aromatic nitrogens is 1. The standard InChI is InChI=1S/C16H11FN4/c17-12-8-13(19)11-5-3-7-20-15(11)16(12)21-14-6-2-1-4-10(14)9-18/h1-8,21H,19H2. The first-order chi connectivity index (χ1) is 10.2. The van der Waals surface area contributed by atoms with E-state index in [2.05, 4.69) is 16.4 Å². The molecule has 21 heavy (non-hydrogen) atoms. The smallest absolute Gasteiger partial charge is 0.150 e. The maximum atomic E-state index is 14.2. The maximum absolute atomic E-state index is 14.2. The Morgan fingerprint density at radius 3 is 2.81 bits per heavy atom. The number of nitrogens with two attached hydrogens (primary N) is 1. The highest BCUT2D eigenvalue weighted by Crippen LogP contribution is 2.32. The van der Waals surface area contributed by atoms with Gasteiger partial charge in [0, 0.05) is 17.3 Å². The second kappa shape index (κ2) is 5.10. The number of para-hydroxylation sites is 1. The third kappa shape index (κ3) is 2.23. The Hall–Kier alpha value is -3.13. The monoisotopic (exact) mass is 278 g/mol. The lowest BCUT2D eigenvalue weighted by Gasteiger charge is -2.12. The van der Waals surface area contributed by atoms with E-state index in [0.29, 0.717) is 27.8 Å². The maximum Gasteiger partial charge on any atom is 0.150 e. The summed E-state index contributed by atoms with van der Waals surface area (Å²) < 4.78 is 14.2. The Labute approximate surface area is 120 Å². The van der Waals surface area contributed by atoms with Crippen molar-refractivity contribution in [1.82, 2.24) is 4.98 Å². The van der Waals surface area contributed by atoms with Gasteiger partial charge in [-0.05, 0) is 30.3 Å². The number of nitrogens with one attached hydrogen (secondary N) is 1. The molecule has 1 aromatic heterocycles. The molecule has 4 nitrogen and oxygen atoms in total. The second-order valence-electron chi connectivity index (χ2n) is 4.50. The normalized spacial score (nSPS) is 10.3. The molecule has 3 N–H and O–H groups in total. The predicted molar refractivity (Wildman–Crippen MR) is 80.6 cm³/mol. The average molecular weight is 278 g/mol. The van der Waals surface area contributed by atoms with Crippen molar-refractivity contribution in [3.63, 3.8) is 0 Å². The van der Waals surface area contributed by atoms with Crippen molar-refractivity contribution in [3.05, 3.63) is 60.0 Å². The molecule has 0 bridgehead atoms. The van der Waals surface area contributed by atoms with Gasteiger partial charge in [0.15, 0.2) is 5.82 Å². The van der Waals surface area contributed by atoms with E-state index in [1.54, 1.807) is 42.6 Å². The molecular formula is C16H11FN4. The third-order valence-corrected chi connectivity index (χ3v) is 3.18. The summed E-state index contributed by atoms with van der Waals surface area (Å²) in [5.41, 5.74) is 7.74. The van der Waals surface area contributed by atoms with Crippen molar-refractivity contribution in [1.29, 1.82) is 5.26 Å². The summed E-state index contributed by atoms with van der Waals surface area (Å²) in [4.78, 5) is 4.19. The van der Waals surface area contributed by atoms with Crippen LogP contribution in [0.2, 0.25) is 0 Å². The van der Waals surface area contributed by atoms with Gasteiger partial charge in [-0.15, -0.1) is 0 Å². The summed E-state index contributed by atoms with van der Waals surface area (Å²) in [6.45, 7) is 0. The summed E-state index contributed by atoms with van der Waals surface area (Å²) in [5, 5.41) is 12.7. The average Bonchev–Trinajstić information content (AvgIpc) is 2.52. The number of benzene rings is 2. The minimum Gasteiger partial charge on any atom is -0.398 e. The topological polar surface area (TPSA) is 74.7 Å². The van der Waals surface area contributed by atoms with Crippen LogP contribution in [0.25, 0.3) is 10.9 Å². The predicted octanol–water partition coefficient (Wildman–Crippen LogP) is 3.57. The Morgan fingerprint density at radius 2 is 2.00 bits per heavy atom. The molecule has 0 saturated heterocycles. The minimum atomic E-state index is -0.508. The zero-order valence-electron chi connectivity index (χ0n) is 11.0. The van der Waals surface area contributed by atoms with Crippen LogP contribution in [0.5, 0.6) is 0 Å². The van der Waals surface area contributed by atoms with Crippen molar-refractivity contribution in [2.45, 2.75) is 0 Å². The van der Waals surface area contributed by atoms with E-state index in [1.807, 2.05) is 0 Å². The molecular weight excluding hydrogens is 267 g/mol. The summed E-state index contributed by atoms with van der Waals surface area (Å²) in [6, 6.07) is 13.7. The molecule has 3 aromatic rings. The Bertz CT molecular complexity index is 868. The molecule has 2 aromatic carbocycles. The van der Waals surface area contributed by atoms with Crippen LogP contribution in [0.15, 0.2) is 48.7 Å². The van der Waals surface area contributed by atoms with Gasteiger partial charge in [0.05, 0.1) is 16.8 Å². The number of nitrogen functional groups attached to an aromatic ring is 1. The van der Waals surface area contributed by atoms with Crippen molar-refractivity contribution >= 4 is 28.0 Å². The molecule has 0 spiro atoms. The van der Waals surface area contributed by atoms with Crippen molar-refractivity contribution in [2.24, 2.45) is 0 Å². The summed E-state index contributed by atoms with van der Waals surface area (Å²) in [7, 11) is 0. The van der Waals surface area contributed by atoms with Crippen LogP contribution in [0.1, 0.15) is 5.56 Å². The van der Waals surface area contributed by atoms with Gasteiger partial charge >= 0.3 is 0 Å². The molecule has 1 heterocycles. The molecule has 0 radical (unpaired) electrons. The number of hydrogen-bond acceptors (Lipinski definition) is 4. The molecule has 0 aliphatic carbocycles. The van der Waals surface area contributed by atoms with Crippen molar-refractivity contribution in [2.75, 3.05) is 11.1 Å². The molecule has 0 atom stereocenters. The van der Waals surface area contributed by atoms with Gasteiger partial charge in [-0.25, -0.2) is 4.39 Å². The van der Waals surface area contributed by atoms with Crippen LogP contribution in [-0.2, 0) is 0 Å². The number of hydrogen-bond donors (Lipinski definition) is 2. The number of fused-ring (bicyclic) bond motifs is 1. The first-order valence-corrected chi connectivity index (χ1v) is 6.29. The Balaban J connectivity index is 2.20. The van der Waals surface area contributed by atoms with E-state index in [1.165, 1.54) is 6.07 Å². The highest BCUT2D eigenvalue weighted by atomic mass is 19.1. The molecule has 102 valence electrons. The van der Waals surface area contributed by atoms with Crippen LogP contribution < -0.4 is 11.1 Å².